The number of benzene rings is 1. The maximum absolute atomic E-state index is 12.6. The molecular formula is C23H26N4O2S2. The van der Waals surface area contributed by atoms with Crippen LogP contribution >= 0.6 is 22.7 Å². The van der Waals surface area contributed by atoms with Gasteiger partial charge in [-0.1, -0.05) is 17.7 Å². The van der Waals surface area contributed by atoms with E-state index >= 15 is 0 Å². The van der Waals surface area contributed by atoms with Crippen molar-refractivity contribution < 1.29 is 9.59 Å². The lowest BCUT2D eigenvalue weighted by Gasteiger charge is -2.34. The molecule has 2 aromatic heterocycles. The third kappa shape index (κ3) is 5.32. The molecular weight excluding hydrogens is 428 g/mol. The molecule has 3 heterocycles. The predicted molar refractivity (Wildman–Crippen MR) is 126 cm³/mol. The van der Waals surface area contributed by atoms with E-state index in [0.717, 1.165) is 22.7 Å². The normalized spacial score (nSPS) is 14.0. The van der Waals surface area contributed by atoms with Crippen LogP contribution in [-0.2, 0) is 6.42 Å². The van der Waals surface area contributed by atoms with E-state index in [4.69, 9.17) is 0 Å². The largest absolute Gasteiger partial charge is 0.338 e. The van der Waals surface area contributed by atoms with Gasteiger partial charge in [0, 0.05) is 48.5 Å². The van der Waals surface area contributed by atoms with Gasteiger partial charge in [-0.05, 0) is 44.5 Å². The summed E-state index contributed by atoms with van der Waals surface area (Å²) in [6, 6.07) is 11.8. The van der Waals surface area contributed by atoms with Gasteiger partial charge in [-0.2, -0.15) is 0 Å². The smallest absolute Gasteiger partial charge is 0.317 e. The maximum atomic E-state index is 12.6. The molecule has 0 aliphatic carbocycles. The highest BCUT2D eigenvalue weighted by Gasteiger charge is 2.24. The summed E-state index contributed by atoms with van der Waals surface area (Å²) < 4.78 is 0. The van der Waals surface area contributed by atoms with Gasteiger partial charge in [0.05, 0.1) is 15.6 Å². The topological polar surface area (TPSA) is 65.5 Å². The van der Waals surface area contributed by atoms with Gasteiger partial charge in [-0.3, -0.25) is 4.79 Å². The van der Waals surface area contributed by atoms with E-state index < -0.39 is 0 Å². The van der Waals surface area contributed by atoms with Crippen molar-refractivity contribution in [2.75, 3.05) is 32.7 Å². The van der Waals surface area contributed by atoms with Crippen LogP contribution in [0.2, 0.25) is 0 Å². The Hall–Kier alpha value is -2.71. The summed E-state index contributed by atoms with van der Waals surface area (Å²) in [5.74, 6) is 0.0314. The van der Waals surface area contributed by atoms with Crippen LogP contribution in [0.15, 0.2) is 41.8 Å². The molecule has 1 aromatic carbocycles. The van der Waals surface area contributed by atoms with Crippen molar-refractivity contribution in [1.82, 2.24) is 20.1 Å². The van der Waals surface area contributed by atoms with Crippen LogP contribution in [0, 0.1) is 13.8 Å². The van der Waals surface area contributed by atoms with Gasteiger partial charge in [0.25, 0.3) is 5.91 Å². The Balaban J connectivity index is 1.21. The first kappa shape index (κ1) is 21.5. The van der Waals surface area contributed by atoms with Crippen molar-refractivity contribution >= 4 is 34.6 Å². The van der Waals surface area contributed by atoms with Crippen LogP contribution in [0.5, 0.6) is 0 Å². The van der Waals surface area contributed by atoms with Gasteiger partial charge in [-0.25, -0.2) is 9.78 Å². The fraction of sp³-hybridized carbons (Fsp3) is 0.348. The quantitative estimate of drug-likeness (QED) is 0.628. The first-order valence-corrected chi connectivity index (χ1v) is 12.1. The van der Waals surface area contributed by atoms with Gasteiger partial charge in [0.15, 0.2) is 0 Å². The monoisotopic (exact) mass is 454 g/mol. The van der Waals surface area contributed by atoms with Crippen molar-refractivity contribution in [3.05, 3.63) is 62.8 Å². The van der Waals surface area contributed by atoms with E-state index in [1.165, 1.54) is 9.75 Å². The van der Waals surface area contributed by atoms with Gasteiger partial charge in [-0.15, -0.1) is 22.7 Å². The van der Waals surface area contributed by atoms with Crippen molar-refractivity contribution in [3.63, 3.8) is 0 Å². The summed E-state index contributed by atoms with van der Waals surface area (Å²) in [7, 11) is 0. The lowest BCUT2D eigenvalue weighted by Crippen LogP contribution is -2.53. The average Bonchev–Trinajstić information content (AvgIpc) is 3.43. The molecule has 162 valence electrons. The molecule has 1 N–H and O–H groups in total. The Labute approximate surface area is 190 Å². The third-order valence-electron chi connectivity index (χ3n) is 5.33. The second-order valence-electron chi connectivity index (χ2n) is 7.64. The molecule has 0 bridgehead atoms. The predicted octanol–water partition coefficient (Wildman–Crippen LogP) is 4.20. The number of carbonyl (C=O) groups is 2. The van der Waals surface area contributed by atoms with E-state index in [1.54, 1.807) is 27.6 Å². The molecule has 0 unspecified atom stereocenters. The van der Waals surface area contributed by atoms with Gasteiger partial charge in [0.2, 0.25) is 0 Å². The van der Waals surface area contributed by atoms with Crippen molar-refractivity contribution in [3.8, 4) is 10.6 Å². The van der Waals surface area contributed by atoms with Gasteiger partial charge < -0.3 is 15.1 Å². The number of nitrogens with one attached hydrogen (secondary N) is 1. The fourth-order valence-corrected chi connectivity index (χ4v) is 5.18. The summed E-state index contributed by atoms with van der Waals surface area (Å²) >= 11 is 3.38. The number of thiazole rings is 1. The van der Waals surface area contributed by atoms with E-state index in [9.17, 15) is 9.59 Å². The molecule has 1 aliphatic heterocycles. The minimum absolute atomic E-state index is 0.0314. The van der Waals surface area contributed by atoms with Gasteiger partial charge >= 0.3 is 6.03 Å². The maximum Gasteiger partial charge on any atom is 0.317 e. The lowest BCUT2D eigenvalue weighted by molar-refractivity contribution is 0.0665. The standard InChI is InChI=1S/C23H26N4O2S2/c1-16-3-5-18(6-4-16)22(28)26-11-13-27(14-12-26)23(29)24-10-9-19-7-8-21(31-19)20-15-30-17(2)25-20/h3-8,15H,9-14H2,1-2H3,(H,24,29). The lowest BCUT2D eigenvalue weighted by atomic mass is 10.1. The van der Waals surface area contributed by atoms with Crippen LogP contribution in [-0.4, -0.2) is 59.4 Å². The molecule has 1 saturated heterocycles. The molecule has 3 aromatic rings. The molecule has 4 rings (SSSR count). The number of rotatable bonds is 5. The highest BCUT2D eigenvalue weighted by molar-refractivity contribution is 7.16. The Kier molecular flexibility index (Phi) is 6.67. The van der Waals surface area contributed by atoms with Crippen molar-refractivity contribution in [1.29, 1.82) is 0 Å². The zero-order chi connectivity index (χ0) is 21.8. The van der Waals surface area contributed by atoms with Crippen LogP contribution in [0.25, 0.3) is 10.6 Å². The molecule has 1 aliphatic rings. The van der Waals surface area contributed by atoms with Crippen LogP contribution < -0.4 is 5.32 Å². The number of aryl methyl sites for hydroxylation is 2. The molecule has 0 atom stereocenters. The number of aromatic nitrogens is 1. The summed E-state index contributed by atoms with van der Waals surface area (Å²) in [5.41, 5.74) is 2.86. The molecule has 0 radical (unpaired) electrons. The number of hydrogen-bond acceptors (Lipinski definition) is 5. The zero-order valence-corrected chi connectivity index (χ0v) is 19.4. The molecule has 3 amide bonds. The Morgan fingerprint density at radius 2 is 1.71 bits per heavy atom. The number of carbonyl (C=O) groups excluding carboxylic acids is 2. The van der Waals surface area contributed by atoms with Gasteiger partial charge in [0.1, 0.15) is 0 Å². The van der Waals surface area contributed by atoms with E-state index in [2.05, 4.69) is 27.8 Å². The van der Waals surface area contributed by atoms with Crippen LogP contribution in [0.3, 0.4) is 0 Å². The van der Waals surface area contributed by atoms with E-state index in [1.807, 2.05) is 43.0 Å². The number of hydrogen-bond donors (Lipinski definition) is 1. The van der Waals surface area contributed by atoms with Crippen LogP contribution in [0.4, 0.5) is 4.79 Å². The summed E-state index contributed by atoms with van der Waals surface area (Å²) in [6.45, 7) is 6.83. The Bertz CT molecular complexity index is 1050. The molecule has 31 heavy (non-hydrogen) atoms. The fourth-order valence-electron chi connectivity index (χ4n) is 3.52. The zero-order valence-electron chi connectivity index (χ0n) is 17.8. The molecule has 1 fully saturated rings. The van der Waals surface area contributed by atoms with E-state index in [-0.39, 0.29) is 11.9 Å². The molecule has 0 spiro atoms. The van der Waals surface area contributed by atoms with Crippen molar-refractivity contribution in [2.45, 2.75) is 20.3 Å². The highest BCUT2D eigenvalue weighted by Crippen LogP contribution is 2.29. The number of piperazine rings is 1. The minimum atomic E-state index is -0.0608. The van der Waals surface area contributed by atoms with Crippen molar-refractivity contribution in [2.24, 2.45) is 0 Å². The minimum Gasteiger partial charge on any atom is -0.338 e. The second kappa shape index (κ2) is 9.62. The summed E-state index contributed by atoms with van der Waals surface area (Å²) in [6.07, 6.45) is 0.797. The van der Waals surface area contributed by atoms with E-state index in [0.29, 0.717) is 38.3 Å². The first-order chi connectivity index (χ1) is 15.0. The second-order valence-corrected chi connectivity index (χ2v) is 9.88. The number of thiophene rings is 1. The molecule has 6 nitrogen and oxygen atoms in total. The third-order valence-corrected chi connectivity index (χ3v) is 7.27. The Morgan fingerprint density at radius 1 is 1.00 bits per heavy atom. The summed E-state index contributed by atoms with van der Waals surface area (Å²) in [4.78, 5) is 35.7. The Morgan fingerprint density at radius 3 is 2.39 bits per heavy atom. The number of amides is 3. The number of nitrogens with zero attached hydrogens (tertiary/aromatic N) is 3. The summed E-state index contributed by atoms with van der Waals surface area (Å²) in [5, 5.41) is 6.16. The molecule has 0 saturated carbocycles. The number of urea groups is 1. The highest BCUT2D eigenvalue weighted by atomic mass is 32.1. The SMILES string of the molecule is Cc1ccc(C(=O)N2CCN(C(=O)NCCc3ccc(-c4csc(C)n4)s3)CC2)cc1. The van der Waals surface area contributed by atoms with Crippen LogP contribution in [0.1, 0.15) is 25.8 Å². The first-order valence-electron chi connectivity index (χ1n) is 10.4. The molecule has 8 heteroatoms. The average molecular weight is 455 g/mol.